The summed E-state index contributed by atoms with van der Waals surface area (Å²) < 4.78 is 1.52. The number of hydrogen-bond donors (Lipinski definition) is 3. The fraction of sp³-hybridized carbons (Fsp3) is 0.545. The summed E-state index contributed by atoms with van der Waals surface area (Å²) in [6.45, 7) is 2.49. The van der Waals surface area contributed by atoms with Gasteiger partial charge in [-0.05, 0) is 55.9 Å². The largest absolute Gasteiger partial charge is 0.343 e. The number of hydrogen-bond acceptors (Lipinski definition) is 5. The molecular formula is C22H29N5O3S. The molecule has 0 spiro atoms. The van der Waals surface area contributed by atoms with Gasteiger partial charge in [-0.3, -0.25) is 14.7 Å². The minimum absolute atomic E-state index is 0.00551. The Bertz CT molecular complexity index is 973. The van der Waals surface area contributed by atoms with Crippen LogP contribution in [0, 0.1) is 17.8 Å². The first-order chi connectivity index (χ1) is 15.0. The smallest absolute Gasteiger partial charge is 0.335 e. The van der Waals surface area contributed by atoms with Gasteiger partial charge in [-0.2, -0.15) is 0 Å². The number of urea groups is 1. The van der Waals surface area contributed by atoms with Crippen LogP contribution in [0.15, 0.2) is 40.3 Å². The molecule has 31 heavy (non-hydrogen) atoms. The van der Waals surface area contributed by atoms with Crippen LogP contribution in [-0.2, 0) is 17.8 Å². The predicted octanol–water partition coefficient (Wildman–Crippen LogP) is 2.56. The van der Waals surface area contributed by atoms with Gasteiger partial charge in [-0.1, -0.05) is 48.5 Å². The van der Waals surface area contributed by atoms with E-state index in [-0.39, 0.29) is 17.5 Å². The van der Waals surface area contributed by atoms with E-state index in [0.717, 1.165) is 23.2 Å². The summed E-state index contributed by atoms with van der Waals surface area (Å²) in [6, 6.07) is 9.47. The van der Waals surface area contributed by atoms with Crippen LogP contribution in [0.1, 0.15) is 38.2 Å². The lowest BCUT2D eigenvalue weighted by Gasteiger charge is -2.28. The zero-order chi connectivity index (χ0) is 21.8. The van der Waals surface area contributed by atoms with Crippen LogP contribution in [-0.4, -0.2) is 38.5 Å². The second kappa shape index (κ2) is 9.72. The predicted molar refractivity (Wildman–Crippen MR) is 119 cm³/mol. The first-order valence-corrected chi connectivity index (χ1v) is 11.9. The Morgan fingerprint density at radius 1 is 1.26 bits per heavy atom. The van der Waals surface area contributed by atoms with Crippen molar-refractivity contribution in [3.05, 3.63) is 46.4 Å². The normalized spacial score (nSPS) is 22.9. The number of rotatable bonds is 8. The highest BCUT2D eigenvalue weighted by atomic mass is 32.2. The number of nitrogens with one attached hydrogen (secondary N) is 3. The van der Waals surface area contributed by atoms with Crippen LogP contribution in [0.4, 0.5) is 4.79 Å². The first-order valence-electron chi connectivity index (χ1n) is 10.9. The molecule has 2 aliphatic rings. The van der Waals surface area contributed by atoms with Crippen molar-refractivity contribution in [1.29, 1.82) is 0 Å². The van der Waals surface area contributed by atoms with Crippen molar-refractivity contribution in [2.75, 3.05) is 5.75 Å². The molecule has 2 aromatic rings. The van der Waals surface area contributed by atoms with Crippen LogP contribution in [0.2, 0.25) is 0 Å². The van der Waals surface area contributed by atoms with E-state index in [2.05, 4.69) is 20.8 Å². The van der Waals surface area contributed by atoms with Crippen LogP contribution >= 0.6 is 11.8 Å². The fourth-order valence-corrected chi connectivity index (χ4v) is 5.82. The highest BCUT2D eigenvalue weighted by Gasteiger charge is 2.42. The third-order valence-electron chi connectivity index (χ3n) is 6.57. The van der Waals surface area contributed by atoms with Gasteiger partial charge < -0.3 is 5.32 Å². The number of nitrogens with zero attached hydrogens (tertiary/aromatic N) is 2. The minimum Gasteiger partial charge on any atom is -0.335 e. The van der Waals surface area contributed by atoms with Crippen LogP contribution in [0.5, 0.6) is 0 Å². The van der Waals surface area contributed by atoms with Crippen molar-refractivity contribution in [2.45, 2.75) is 56.8 Å². The molecule has 0 unspecified atom stereocenters. The Morgan fingerprint density at radius 3 is 2.77 bits per heavy atom. The van der Waals surface area contributed by atoms with E-state index >= 15 is 0 Å². The van der Waals surface area contributed by atoms with E-state index in [1.807, 2.05) is 37.3 Å². The van der Waals surface area contributed by atoms with Gasteiger partial charge in [0.25, 0.3) is 0 Å². The Hall–Kier alpha value is -2.55. The lowest BCUT2D eigenvalue weighted by atomic mass is 9.84. The molecule has 2 aliphatic carbocycles. The molecular weight excluding hydrogens is 414 g/mol. The maximum absolute atomic E-state index is 12.2. The third kappa shape index (κ3) is 5.39. The zero-order valence-corrected chi connectivity index (χ0v) is 18.5. The van der Waals surface area contributed by atoms with E-state index in [9.17, 15) is 14.4 Å². The lowest BCUT2D eigenvalue weighted by Crippen LogP contribution is -2.47. The zero-order valence-electron chi connectivity index (χ0n) is 17.7. The number of carbonyl (C=O) groups excluding carboxylic acids is 2. The third-order valence-corrected chi connectivity index (χ3v) is 7.55. The maximum atomic E-state index is 12.2. The van der Waals surface area contributed by atoms with E-state index in [1.165, 1.54) is 30.3 Å². The van der Waals surface area contributed by atoms with Crippen molar-refractivity contribution in [3.8, 4) is 0 Å². The van der Waals surface area contributed by atoms with Gasteiger partial charge in [0, 0.05) is 12.6 Å². The van der Waals surface area contributed by atoms with Crippen molar-refractivity contribution >= 4 is 23.7 Å². The number of amides is 3. The van der Waals surface area contributed by atoms with Gasteiger partial charge in [0.05, 0.1) is 5.75 Å². The van der Waals surface area contributed by atoms with Gasteiger partial charge in [0.15, 0.2) is 5.16 Å². The van der Waals surface area contributed by atoms with E-state index in [1.54, 1.807) is 0 Å². The average Bonchev–Trinajstić information content (AvgIpc) is 3.47. The molecule has 3 N–H and O–H groups in total. The van der Waals surface area contributed by atoms with Crippen LogP contribution < -0.4 is 16.3 Å². The SMILES string of the molecule is C[C@@H](NC(=O)NC(=O)CSc1n[nH]c(=O)n1CCc1ccccc1)[C@@H]1C[C@H]2CC[C@H]1C2. The number of aromatic amines is 1. The average molecular weight is 444 g/mol. The van der Waals surface area contributed by atoms with E-state index in [4.69, 9.17) is 0 Å². The Balaban J connectivity index is 1.23. The minimum atomic E-state index is -0.454. The molecule has 2 saturated carbocycles. The molecule has 0 radical (unpaired) electrons. The monoisotopic (exact) mass is 443 g/mol. The fourth-order valence-electron chi connectivity index (χ4n) is 5.05. The number of aryl methyl sites for hydroxylation is 1. The number of thioether (sulfide) groups is 1. The summed E-state index contributed by atoms with van der Waals surface area (Å²) in [5.74, 6) is 1.63. The van der Waals surface area contributed by atoms with Crippen molar-refractivity contribution in [1.82, 2.24) is 25.4 Å². The Morgan fingerprint density at radius 2 is 2.06 bits per heavy atom. The van der Waals surface area contributed by atoms with Gasteiger partial charge in [0.2, 0.25) is 5.91 Å². The number of H-pyrrole nitrogens is 1. The quantitative estimate of drug-likeness (QED) is 0.544. The molecule has 8 nitrogen and oxygen atoms in total. The van der Waals surface area contributed by atoms with E-state index in [0.29, 0.717) is 30.0 Å². The second-order valence-electron chi connectivity index (χ2n) is 8.64. The molecule has 0 aliphatic heterocycles. The summed E-state index contributed by atoms with van der Waals surface area (Å²) in [5, 5.41) is 12.2. The van der Waals surface area contributed by atoms with Gasteiger partial charge in [0.1, 0.15) is 0 Å². The first kappa shape index (κ1) is 21.7. The molecule has 9 heteroatoms. The van der Waals surface area contributed by atoms with Crippen molar-refractivity contribution < 1.29 is 9.59 Å². The van der Waals surface area contributed by atoms with Crippen LogP contribution in [0.25, 0.3) is 0 Å². The molecule has 2 bridgehead atoms. The molecule has 2 fully saturated rings. The molecule has 166 valence electrons. The number of aromatic nitrogens is 3. The van der Waals surface area contributed by atoms with E-state index < -0.39 is 11.9 Å². The van der Waals surface area contributed by atoms with Gasteiger partial charge >= 0.3 is 11.7 Å². The second-order valence-corrected chi connectivity index (χ2v) is 9.58. The molecule has 3 amide bonds. The molecule has 1 heterocycles. The number of benzene rings is 1. The topological polar surface area (TPSA) is 109 Å². The Labute approximate surface area is 185 Å². The summed E-state index contributed by atoms with van der Waals surface area (Å²) in [7, 11) is 0. The molecule has 1 aromatic carbocycles. The van der Waals surface area contributed by atoms with Crippen LogP contribution in [0.3, 0.4) is 0 Å². The standard InChI is InChI=1S/C22H29N5O3S/c1-14(18-12-16-7-8-17(18)11-16)23-20(29)24-19(28)13-31-22-26-25-21(30)27(22)10-9-15-5-3-2-4-6-15/h2-6,14,16-18H,7-13H2,1H3,(H,25,30)(H2,23,24,28,29)/t14-,16+,17+,18+/m1/s1. The molecule has 4 atom stereocenters. The van der Waals surface area contributed by atoms with Gasteiger partial charge in [-0.15, -0.1) is 5.10 Å². The summed E-state index contributed by atoms with van der Waals surface area (Å²) in [4.78, 5) is 36.5. The Kier molecular flexibility index (Phi) is 6.80. The highest BCUT2D eigenvalue weighted by Crippen LogP contribution is 2.49. The molecule has 4 rings (SSSR count). The summed E-state index contributed by atoms with van der Waals surface area (Å²) >= 11 is 1.14. The molecule has 1 aromatic heterocycles. The lowest BCUT2D eigenvalue weighted by molar-refractivity contribution is -0.117. The number of carbonyl (C=O) groups is 2. The molecule has 0 saturated heterocycles. The van der Waals surface area contributed by atoms with Gasteiger partial charge in [-0.25, -0.2) is 14.7 Å². The summed E-state index contributed by atoms with van der Waals surface area (Å²) in [6.07, 6.45) is 5.72. The summed E-state index contributed by atoms with van der Waals surface area (Å²) in [5.41, 5.74) is 0.807. The van der Waals surface area contributed by atoms with Crippen molar-refractivity contribution in [2.24, 2.45) is 17.8 Å². The number of fused-ring (bicyclic) bond motifs is 2. The highest BCUT2D eigenvalue weighted by molar-refractivity contribution is 7.99. The number of imide groups is 1. The van der Waals surface area contributed by atoms with Crippen molar-refractivity contribution in [3.63, 3.8) is 0 Å². The maximum Gasteiger partial charge on any atom is 0.343 e.